The summed E-state index contributed by atoms with van der Waals surface area (Å²) in [6, 6.07) is 8.31. The zero-order chi connectivity index (χ0) is 11.4. The molecule has 0 aromatic heterocycles. The molecule has 4 heteroatoms. The Labute approximate surface area is 95.7 Å². The number of rotatable bonds is 3. The van der Waals surface area contributed by atoms with E-state index in [1.165, 1.54) is 5.56 Å². The van der Waals surface area contributed by atoms with E-state index in [2.05, 4.69) is 34.7 Å². The van der Waals surface area contributed by atoms with Crippen LogP contribution in [-0.2, 0) is 0 Å². The maximum atomic E-state index is 5.13. The van der Waals surface area contributed by atoms with E-state index in [-0.39, 0.29) is 6.04 Å². The molecule has 1 atom stereocenters. The highest BCUT2D eigenvalue weighted by molar-refractivity contribution is 5.81. The Bertz CT molecular complexity index is 372. The van der Waals surface area contributed by atoms with Crippen molar-refractivity contribution in [2.75, 3.05) is 20.2 Å². The van der Waals surface area contributed by atoms with Crippen LogP contribution in [0.1, 0.15) is 18.5 Å². The van der Waals surface area contributed by atoms with Crippen LogP contribution in [0.15, 0.2) is 29.3 Å². The van der Waals surface area contributed by atoms with Gasteiger partial charge in [0.25, 0.3) is 0 Å². The summed E-state index contributed by atoms with van der Waals surface area (Å²) in [4.78, 5) is 4.30. The lowest BCUT2D eigenvalue weighted by molar-refractivity contribution is 0.414. The third-order valence-electron chi connectivity index (χ3n) is 2.64. The van der Waals surface area contributed by atoms with Crippen LogP contribution in [0.3, 0.4) is 0 Å². The molecule has 0 amide bonds. The van der Waals surface area contributed by atoms with Gasteiger partial charge >= 0.3 is 0 Å². The van der Waals surface area contributed by atoms with E-state index in [1.54, 1.807) is 7.11 Å². The number of hydrogen-bond acceptors (Lipinski definition) is 4. The van der Waals surface area contributed by atoms with E-state index in [1.807, 2.05) is 12.1 Å². The van der Waals surface area contributed by atoms with Crippen molar-refractivity contribution in [2.45, 2.75) is 13.0 Å². The van der Waals surface area contributed by atoms with Crippen LogP contribution >= 0.6 is 0 Å². The van der Waals surface area contributed by atoms with Crippen LogP contribution in [0.5, 0.6) is 5.75 Å². The number of aliphatic imine (C=N–C) groups is 1. The second-order valence-electron chi connectivity index (χ2n) is 3.80. The van der Waals surface area contributed by atoms with Crippen molar-refractivity contribution in [3.63, 3.8) is 0 Å². The molecule has 1 unspecified atom stereocenters. The molecule has 1 aliphatic rings. The Balaban J connectivity index is 1.99. The Morgan fingerprint density at radius 3 is 2.69 bits per heavy atom. The lowest BCUT2D eigenvalue weighted by Crippen LogP contribution is -2.35. The Morgan fingerprint density at radius 1 is 1.38 bits per heavy atom. The first-order valence-corrected chi connectivity index (χ1v) is 5.48. The van der Waals surface area contributed by atoms with Gasteiger partial charge in [0.15, 0.2) is 5.96 Å². The summed E-state index contributed by atoms with van der Waals surface area (Å²) in [5.41, 5.74) is 1.22. The topological polar surface area (TPSA) is 45.6 Å². The summed E-state index contributed by atoms with van der Waals surface area (Å²) in [7, 11) is 1.67. The van der Waals surface area contributed by atoms with Crippen molar-refractivity contribution in [2.24, 2.45) is 4.99 Å². The van der Waals surface area contributed by atoms with Gasteiger partial charge in [0.05, 0.1) is 19.7 Å². The normalized spacial score (nSPS) is 16.2. The Hall–Kier alpha value is -1.71. The van der Waals surface area contributed by atoms with Gasteiger partial charge in [-0.15, -0.1) is 0 Å². The minimum absolute atomic E-state index is 0.246. The minimum Gasteiger partial charge on any atom is -0.497 e. The molecule has 0 radical (unpaired) electrons. The summed E-state index contributed by atoms with van der Waals surface area (Å²) in [5.74, 6) is 1.77. The third kappa shape index (κ3) is 2.45. The molecule has 1 aromatic rings. The SMILES string of the molecule is COc1ccc(C(C)NC2=NCCN2)cc1. The van der Waals surface area contributed by atoms with Crippen molar-refractivity contribution in [1.29, 1.82) is 0 Å². The van der Waals surface area contributed by atoms with Crippen LogP contribution in [0.25, 0.3) is 0 Å². The molecule has 0 bridgehead atoms. The van der Waals surface area contributed by atoms with Gasteiger partial charge in [0.1, 0.15) is 5.75 Å². The highest BCUT2D eigenvalue weighted by Crippen LogP contribution is 2.17. The van der Waals surface area contributed by atoms with Crippen molar-refractivity contribution < 1.29 is 4.74 Å². The second kappa shape index (κ2) is 4.88. The fourth-order valence-electron chi connectivity index (χ4n) is 1.68. The molecular weight excluding hydrogens is 202 g/mol. The van der Waals surface area contributed by atoms with Gasteiger partial charge in [-0.25, -0.2) is 0 Å². The third-order valence-corrected chi connectivity index (χ3v) is 2.64. The zero-order valence-corrected chi connectivity index (χ0v) is 9.66. The molecule has 4 nitrogen and oxygen atoms in total. The molecule has 1 aromatic carbocycles. The number of methoxy groups -OCH3 is 1. The van der Waals surface area contributed by atoms with Crippen LogP contribution in [0.4, 0.5) is 0 Å². The van der Waals surface area contributed by atoms with Crippen molar-refractivity contribution in [3.05, 3.63) is 29.8 Å². The van der Waals surface area contributed by atoms with E-state index >= 15 is 0 Å². The number of nitrogens with zero attached hydrogens (tertiary/aromatic N) is 1. The molecule has 16 heavy (non-hydrogen) atoms. The molecule has 2 N–H and O–H groups in total. The van der Waals surface area contributed by atoms with Gasteiger partial charge in [-0.05, 0) is 24.6 Å². The van der Waals surface area contributed by atoms with Gasteiger partial charge in [-0.2, -0.15) is 0 Å². The largest absolute Gasteiger partial charge is 0.497 e. The molecule has 0 saturated carbocycles. The van der Waals surface area contributed by atoms with Gasteiger partial charge in [0.2, 0.25) is 0 Å². The monoisotopic (exact) mass is 219 g/mol. The molecule has 2 rings (SSSR count). The van der Waals surface area contributed by atoms with Crippen LogP contribution in [-0.4, -0.2) is 26.2 Å². The first kappa shape index (κ1) is 10.8. The lowest BCUT2D eigenvalue weighted by atomic mass is 10.1. The molecule has 1 heterocycles. The quantitative estimate of drug-likeness (QED) is 0.805. The number of ether oxygens (including phenoxy) is 1. The smallest absolute Gasteiger partial charge is 0.191 e. The highest BCUT2D eigenvalue weighted by atomic mass is 16.5. The average Bonchev–Trinajstić information content (AvgIpc) is 2.82. The fraction of sp³-hybridized carbons (Fsp3) is 0.417. The second-order valence-corrected chi connectivity index (χ2v) is 3.80. The van der Waals surface area contributed by atoms with Gasteiger partial charge in [0, 0.05) is 6.54 Å². The zero-order valence-electron chi connectivity index (χ0n) is 9.66. The van der Waals surface area contributed by atoms with E-state index in [0.29, 0.717) is 0 Å². The maximum absolute atomic E-state index is 5.13. The number of guanidine groups is 1. The number of benzene rings is 1. The summed E-state index contributed by atoms with van der Waals surface area (Å²) < 4.78 is 5.13. The van der Waals surface area contributed by atoms with Gasteiger partial charge in [-0.1, -0.05) is 12.1 Å². The predicted octanol–water partition coefficient (Wildman–Crippen LogP) is 1.30. The van der Waals surface area contributed by atoms with E-state index in [9.17, 15) is 0 Å². The predicted molar refractivity (Wildman–Crippen MR) is 64.8 cm³/mol. The first-order chi connectivity index (χ1) is 7.79. The molecule has 0 aliphatic carbocycles. The molecule has 0 spiro atoms. The highest BCUT2D eigenvalue weighted by Gasteiger charge is 2.10. The number of hydrogen-bond donors (Lipinski definition) is 2. The molecular formula is C12H17N3O. The summed E-state index contributed by atoms with van der Waals surface area (Å²) in [5, 5.41) is 6.52. The van der Waals surface area contributed by atoms with Crippen molar-refractivity contribution in [3.8, 4) is 5.75 Å². The molecule has 86 valence electrons. The van der Waals surface area contributed by atoms with Crippen molar-refractivity contribution in [1.82, 2.24) is 10.6 Å². The lowest BCUT2D eigenvalue weighted by Gasteiger charge is -2.15. The number of nitrogens with one attached hydrogen (secondary N) is 2. The molecule has 0 fully saturated rings. The first-order valence-electron chi connectivity index (χ1n) is 5.48. The van der Waals surface area contributed by atoms with E-state index in [0.717, 1.165) is 24.8 Å². The fourth-order valence-corrected chi connectivity index (χ4v) is 1.68. The molecule has 1 aliphatic heterocycles. The van der Waals surface area contributed by atoms with Crippen molar-refractivity contribution >= 4 is 5.96 Å². The van der Waals surface area contributed by atoms with E-state index < -0.39 is 0 Å². The van der Waals surface area contributed by atoms with Gasteiger partial charge < -0.3 is 15.4 Å². The van der Waals surface area contributed by atoms with Crippen LogP contribution < -0.4 is 15.4 Å². The maximum Gasteiger partial charge on any atom is 0.191 e. The average molecular weight is 219 g/mol. The Kier molecular flexibility index (Phi) is 3.29. The standard InChI is InChI=1S/C12H17N3O/c1-9(15-12-13-7-8-14-12)10-3-5-11(16-2)6-4-10/h3-6,9H,7-8H2,1-2H3,(H2,13,14,15). The van der Waals surface area contributed by atoms with Crippen LogP contribution in [0, 0.1) is 0 Å². The van der Waals surface area contributed by atoms with Crippen LogP contribution in [0.2, 0.25) is 0 Å². The summed E-state index contributed by atoms with van der Waals surface area (Å²) in [6.45, 7) is 3.90. The summed E-state index contributed by atoms with van der Waals surface area (Å²) in [6.07, 6.45) is 0. The minimum atomic E-state index is 0.246. The van der Waals surface area contributed by atoms with E-state index in [4.69, 9.17) is 4.74 Å². The van der Waals surface area contributed by atoms with Gasteiger partial charge in [-0.3, -0.25) is 4.99 Å². The molecule has 0 saturated heterocycles. The summed E-state index contributed by atoms with van der Waals surface area (Å²) >= 11 is 0. The Morgan fingerprint density at radius 2 is 2.12 bits per heavy atom.